The van der Waals surface area contributed by atoms with Crippen LogP contribution in [0, 0.1) is 11.3 Å². The maximum absolute atomic E-state index is 12.4. The lowest BCUT2D eigenvalue weighted by molar-refractivity contribution is -0.139. The third-order valence-electron chi connectivity index (χ3n) is 6.14. The summed E-state index contributed by atoms with van der Waals surface area (Å²) in [6, 6.07) is 0. The van der Waals surface area contributed by atoms with Crippen LogP contribution in [0.3, 0.4) is 0 Å². The van der Waals surface area contributed by atoms with Crippen LogP contribution >= 0.6 is 0 Å². The van der Waals surface area contributed by atoms with E-state index in [0.717, 1.165) is 57.8 Å². The van der Waals surface area contributed by atoms with Gasteiger partial charge in [-0.3, -0.25) is 9.59 Å². The number of amides is 2. The second kappa shape index (κ2) is 8.49. The number of carbonyl (C=O) groups is 2. The van der Waals surface area contributed by atoms with E-state index in [1.54, 1.807) is 7.11 Å². The molecule has 1 aliphatic carbocycles. The van der Waals surface area contributed by atoms with E-state index < -0.39 is 0 Å². The molecule has 2 saturated heterocycles. The van der Waals surface area contributed by atoms with Gasteiger partial charge in [0, 0.05) is 39.7 Å². The van der Waals surface area contributed by atoms with Gasteiger partial charge in [0.1, 0.15) is 6.61 Å². The van der Waals surface area contributed by atoms with Crippen LogP contribution in [-0.2, 0) is 19.1 Å². The Morgan fingerprint density at radius 1 is 1.12 bits per heavy atom. The van der Waals surface area contributed by atoms with Gasteiger partial charge in [-0.1, -0.05) is 0 Å². The summed E-state index contributed by atoms with van der Waals surface area (Å²) in [6.07, 6.45) is 7.37. The molecular weight excluding hydrogens is 320 g/mol. The number of carbonyl (C=O) groups excluding carboxylic acids is 2. The van der Waals surface area contributed by atoms with E-state index in [0.29, 0.717) is 25.5 Å². The Hall–Kier alpha value is -1.14. The lowest BCUT2D eigenvalue weighted by atomic mass is 9.73. The molecule has 1 saturated carbocycles. The van der Waals surface area contributed by atoms with Gasteiger partial charge in [0.05, 0.1) is 13.2 Å². The molecule has 0 unspecified atom stereocenters. The number of hydrogen-bond acceptors (Lipinski definition) is 4. The molecule has 1 spiro atoms. The molecule has 0 N–H and O–H groups in total. The van der Waals surface area contributed by atoms with E-state index in [4.69, 9.17) is 9.47 Å². The molecule has 0 atom stereocenters. The van der Waals surface area contributed by atoms with Gasteiger partial charge < -0.3 is 19.3 Å². The number of hydrogen-bond donors (Lipinski definition) is 0. The van der Waals surface area contributed by atoms with Crippen LogP contribution in [0.15, 0.2) is 0 Å². The topological polar surface area (TPSA) is 59.1 Å². The molecule has 2 heterocycles. The van der Waals surface area contributed by atoms with Gasteiger partial charge >= 0.3 is 0 Å². The standard InChI is InChI=1S/C19H32N2O4/c1-24-12-13-25-15-18(23)20-9-6-19(7-10-20)5-4-17(22)21(11-8-19)14-16-2-3-16/h16H,2-15H2,1H3. The van der Waals surface area contributed by atoms with Crippen molar-refractivity contribution in [2.24, 2.45) is 11.3 Å². The first kappa shape index (κ1) is 18.6. The van der Waals surface area contributed by atoms with Crippen LogP contribution in [0.25, 0.3) is 0 Å². The van der Waals surface area contributed by atoms with Gasteiger partial charge in [-0.2, -0.15) is 0 Å². The highest BCUT2D eigenvalue weighted by Gasteiger charge is 2.39. The zero-order valence-corrected chi connectivity index (χ0v) is 15.5. The summed E-state index contributed by atoms with van der Waals surface area (Å²) in [5.41, 5.74) is 0.252. The molecule has 25 heavy (non-hydrogen) atoms. The van der Waals surface area contributed by atoms with Gasteiger partial charge in [-0.15, -0.1) is 0 Å². The minimum atomic E-state index is 0.0750. The molecule has 6 nitrogen and oxygen atoms in total. The molecule has 142 valence electrons. The summed E-state index contributed by atoms with van der Waals surface area (Å²) >= 11 is 0. The van der Waals surface area contributed by atoms with Crippen molar-refractivity contribution in [2.45, 2.75) is 44.9 Å². The summed E-state index contributed by atoms with van der Waals surface area (Å²) in [4.78, 5) is 28.6. The van der Waals surface area contributed by atoms with Crippen molar-refractivity contribution < 1.29 is 19.1 Å². The van der Waals surface area contributed by atoms with E-state index >= 15 is 0 Å². The fraction of sp³-hybridized carbons (Fsp3) is 0.895. The number of ether oxygens (including phenoxy) is 2. The van der Waals surface area contributed by atoms with Crippen molar-refractivity contribution in [3.05, 3.63) is 0 Å². The number of nitrogens with zero attached hydrogens (tertiary/aromatic N) is 2. The van der Waals surface area contributed by atoms with Gasteiger partial charge in [0.25, 0.3) is 0 Å². The first-order valence-corrected chi connectivity index (χ1v) is 9.74. The van der Waals surface area contributed by atoms with E-state index in [-0.39, 0.29) is 17.9 Å². The summed E-state index contributed by atoms with van der Waals surface area (Å²) in [5, 5.41) is 0. The average Bonchev–Trinajstić information content (AvgIpc) is 3.45. The molecule has 0 bridgehead atoms. The van der Waals surface area contributed by atoms with Gasteiger partial charge in [0.15, 0.2) is 0 Å². The van der Waals surface area contributed by atoms with Crippen molar-refractivity contribution in [3.63, 3.8) is 0 Å². The minimum absolute atomic E-state index is 0.0750. The maximum atomic E-state index is 12.4. The van der Waals surface area contributed by atoms with E-state index in [2.05, 4.69) is 4.90 Å². The van der Waals surface area contributed by atoms with Gasteiger partial charge in [-0.25, -0.2) is 0 Å². The van der Waals surface area contributed by atoms with Crippen LogP contribution in [0.2, 0.25) is 0 Å². The van der Waals surface area contributed by atoms with E-state index in [1.807, 2.05) is 4.90 Å². The SMILES string of the molecule is COCCOCC(=O)N1CCC2(CCC(=O)N(CC3CC3)CC2)CC1. The third-order valence-corrected chi connectivity index (χ3v) is 6.14. The predicted octanol–water partition coefficient (Wildman–Crippen LogP) is 1.68. The largest absolute Gasteiger partial charge is 0.382 e. The van der Waals surface area contributed by atoms with Crippen LogP contribution in [0.1, 0.15) is 44.9 Å². The Morgan fingerprint density at radius 3 is 2.52 bits per heavy atom. The Kier molecular flexibility index (Phi) is 6.34. The Morgan fingerprint density at radius 2 is 1.84 bits per heavy atom. The van der Waals surface area contributed by atoms with Crippen molar-refractivity contribution in [1.29, 1.82) is 0 Å². The smallest absolute Gasteiger partial charge is 0.248 e. The predicted molar refractivity (Wildman–Crippen MR) is 94.1 cm³/mol. The van der Waals surface area contributed by atoms with E-state index in [9.17, 15) is 9.59 Å². The highest BCUT2D eigenvalue weighted by atomic mass is 16.5. The van der Waals surface area contributed by atoms with Crippen LogP contribution in [0.4, 0.5) is 0 Å². The van der Waals surface area contributed by atoms with Crippen LogP contribution in [0.5, 0.6) is 0 Å². The Balaban J connectivity index is 1.44. The van der Waals surface area contributed by atoms with E-state index in [1.165, 1.54) is 12.8 Å². The van der Waals surface area contributed by atoms with Crippen molar-refractivity contribution in [2.75, 3.05) is 53.1 Å². The Labute approximate surface area is 150 Å². The molecule has 3 fully saturated rings. The second-order valence-corrected chi connectivity index (χ2v) is 7.96. The molecule has 3 rings (SSSR count). The first-order valence-electron chi connectivity index (χ1n) is 9.74. The molecule has 0 radical (unpaired) electrons. The Bertz CT molecular complexity index is 470. The number of piperidine rings is 1. The third kappa shape index (κ3) is 5.17. The average molecular weight is 352 g/mol. The molecule has 2 aliphatic heterocycles. The molecule has 0 aromatic heterocycles. The zero-order chi connectivity index (χ0) is 17.7. The minimum Gasteiger partial charge on any atom is -0.382 e. The highest BCUT2D eigenvalue weighted by Crippen LogP contribution is 2.42. The summed E-state index contributed by atoms with van der Waals surface area (Å²) < 4.78 is 10.3. The van der Waals surface area contributed by atoms with Crippen LogP contribution < -0.4 is 0 Å². The first-order chi connectivity index (χ1) is 12.1. The quantitative estimate of drug-likeness (QED) is 0.654. The van der Waals surface area contributed by atoms with Crippen LogP contribution in [-0.4, -0.2) is 74.7 Å². The lowest BCUT2D eigenvalue weighted by Gasteiger charge is -2.41. The fourth-order valence-corrected chi connectivity index (χ4v) is 4.08. The summed E-state index contributed by atoms with van der Waals surface area (Å²) in [6.45, 7) is 4.58. The van der Waals surface area contributed by atoms with Crippen molar-refractivity contribution in [3.8, 4) is 0 Å². The molecule has 3 aliphatic rings. The van der Waals surface area contributed by atoms with Crippen molar-refractivity contribution >= 4 is 11.8 Å². The number of methoxy groups -OCH3 is 1. The fourth-order valence-electron chi connectivity index (χ4n) is 4.08. The number of rotatable bonds is 7. The highest BCUT2D eigenvalue weighted by molar-refractivity contribution is 5.78. The molecular formula is C19H32N2O4. The molecule has 6 heteroatoms. The molecule has 2 amide bonds. The number of likely N-dealkylation sites (tertiary alicyclic amines) is 2. The summed E-state index contributed by atoms with van der Waals surface area (Å²) in [7, 11) is 1.62. The van der Waals surface area contributed by atoms with Crippen molar-refractivity contribution in [1.82, 2.24) is 9.80 Å². The second-order valence-electron chi connectivity index (χ2n) is 7.96. The normalized spacial score (nSPS) is 23.8. The van der Waals surface area contributed by atoms with Gasteiger partial charge in [-0.05, 0) is 49.9 Å². The lowest BCUT2D eigenvalue weighted by Crippen LogP contribution is -2.45. The maximum Gasteiger partial charge on any atom is 0.248 e. The summed E-state index contributed by atoms with van der Waals surface area (Å²) in [5.74, 6) is 1.18. The molecule has 0 aromatic rings. The van der Waals surface area contributed by atoms with Gasteiger partial charge in [0.2, 0.25) is 11.8 Å². The molecule has 0 aromatic carbocycles. The zero-order valence-electron chi connectivity index (χ0n) is 15.5. The monoisotopic (exact) mass is 352 g/mol.